The number of carbonyl (C=O) groups is 9. The van der Waals surface area contributed by atoms with Gasteiger partial charge in [-0.2, -0.15) is 0 Å². The van der Waals surface area contributed by atoms with E-state index in [1.165, 1.54) is 32.2 Å². The molecule has 8 N–H and O–H groups in total. The lowest BCUT2D eigenvalue weighted by atomic mass is 9.72. The molecule has 22 heteroatoms. The van der Waals surface area contributed by atoms with Gasteiger partial charge in [0, 0.05) is 81.1 Å². The number of phenols is 2. The number of nitrogens with zero attached hydrogens (tertiary/aromatic N) is 1. The number of amides is 5. The molecule has 2 aliphatic carbocycles. The smallest absolute Gasteiger partial charge is 0.333 e. The highest BCUT2D eigenvalue weighted by atomic mass is 16.7. The maximum atomic E-state index is 13.9. The molecule has 2 aromatic carbocycles. The second kappa shape index (κ2) is 19.0. The van der Waals surface area contributed by atoms with Gasteiger partial charge in [0.2, 0.25) is 23.5 Å². The van der Waals surface area contributed by atoms with Crippen LogP contribution in [0.2, 0.25) is 0 Å². The first-order valence-electron chi connectivity index (χ1n) is 20.0. The van der Waals surface area contributed by atoms with Crippen molar-refractivity contribution in [1.29, 1.82) is 0 Å². The van der Waals surface area contributed by atoms with E-state index < -0.39 is 138 Å². The Labute approximate surface area is 357 Å². The normalized spacial score (nSPS) is 23.9. The molecule has 6 rings (SSSR count). The molecule has 2 aromatic rings. The number of hydroxylamine groups is 2. The first kappa shape index (κ1) is 46.2. The molecule has 2 aliphatic heterocycles. The lowest BCUT2D eigenvalue weighted by molar-refractivity contribution is -0.249. The molecule has 5 amide bonds. The number of ketones is 3. The van der Waals surface area contributed by atoms with Crippen molar-refractivity contribution in [3.8, 4) is 17.2 Å². The van der Waals surface area contributed by atoms with E-state index in [0.717, 1.165) is 0 Å². The number of fused-ring (bicyclic) bond motifs is 3. The molecule has 0 aromatic heterocycles. The number of rotatable bonds is 16. The number of phenolic OH excluding ortho intramolecular Hbond substituents is 2. The molecule has 2 fully saturated rings. The number of nitrogens with one attached hydrogen (secondary N) is 3. The Kier molecular flexibility index (Phi) is 13.9. The number of imide groups is 1. The third kappa shape index (κ3) is 9.54. The lowest BCUT2D eigenvalue weighted by Crippen LogP contribution is -2.56. The molecule has 22 nitrogen and oxygen atoms in total. The van der Waals surface area contributed by atoms with E-state index in [1.54, 1.807) is 0 Å². The number of Topliss-reactive ketones (excluding diaryl/α,β-unsaturated/α-hetero) is 1. The van der Waals surface area contributed by atoms with Crippen LogP contribution in [0.5, 0.6) is 17.2 Å². The largest absolute Gasteiger partial charge is 0.507 e. The van der Waals surface area contributed by atoms with Crippen molar-refractivity contribution in [2.45, 2.75) is 101 Å². The van der Waals surface area contributed by atoms with Crippen molar-refractivity contribution in [2.75, 3.05) is 26.8 Å². The fourth-order valence-corrected chi connectivity index (χ4v) is 7.97. The maximum absolute atomic E-state index is 13.9. The van der Waals surface area contributed by atoms with Gasteiger partial charge in [0.05, 0.1) is 48.5 Å². The van der Waals surface area contributed by atoms with E-state index in [4.69, 9.17) is 19.0 Å². The van der Waals surface area contributed by atoms with Crippen molar-refractivity contribution in [3.05, 3.63) is 51.6 Å². The van der Waals surface area contributed by atoms with Crippen LogP contribution in [0.3, 0.4) is 0 Å². The van der Waals surface area contributed by atoms with Gasteiger partial charge in [0.25, 0.3) is 11.8 Å². The van der Waals surface area contributed by atoms with Crippen LogP contribution in [-0.2, 0) is 54.3 Å². The Bertz CT molecular complexity index is 2250. The van der Waals surface area contributed by atoms with Crippen LogP contribution < -0.4 is 20.7 Å². The summed E-state index contributed by atoms with van der Waals surface area (Å²) in [5.74, 6) is -8.37. The third-order valence-corrected chi connectivity index (χ3v) is 11.2. The molecule has 4 aliphatic rings. The highest BCUT2D eigenvalue weighted by Crippen LogP contribution is 2.52. The fourth-order valence-electron chi connectivity index (χ4n) is 7.97. The number of ether oxygens (including phenoxy) is 3. The van der Waals surface area contributed by atoms with E-state index in [1.807, 2.05) is 0 Å². The number of hydrogen-bond donors (Lipinski definition) is 8. The molecule has 0 spiro atoms. The molecule has 6 atom stereocenters. The average Bonchev–Trinajstić information content (AvgIpc) is 3.56. The molecule has 0 unspecified atom stereocenters. The average molecular weight is 883 g/mol. The third-order valence-electron chi connectivity index (χ3n) is 11.2. The van der Waals surface area contributed by atoms with Crippen LogP contribution in [-0.4, -0.2) is 140 Å². The summed E-state index contributed by atoms with van der Waals surface area (Å²) in [6, 6.07) is 3.18. The van der Waals surface area contributed by atoms with Crippen LogP contribution in [0.15, 0.2) is 18.2 Å². The van der Waals surface area contributed by atoms with E-state index in [0.29, 0.717) is 5.06 Å². The van der Waals surface area contributed by atoms with E-state index in [-0.39, 0.29) is 79.6 Å². The van der Waals surface area contributed by atoms with Crippen molar-refractivity contribution in [3.63, 3.8) is 0 Å². The Balaban J connectivity index is 1.06. The van der Waals surface area contributed by atoms with Gasteiger partial charge in [-0.3, -0.25) is 38.4 Å². The second-order valence-electron chi connectivity index (χ2n) is 15.4. The van der Waals surface area contributed by atoms with Crippen molar-refractivity contribution < 1.29 is 87.7 Å². The second-order valence-corrected chi connectivity index (χ2v) is 15.4. The van der Waals surface area contributed by atoms with E-state index in [2.05, 4.69) is 16.0 Å². The molecular formula is C41H46N4O18. The number of aliphatic hydroxyl groups is 3. The van der Waals surface area contributed by atoms with Crippen LogP contribution in [0.1, 0.15) is 107 Å². The standard InChI is InChI=1S/C41H46N4O18/c1-18-36(54)21(44-27(50)7-6-25(48)42-12-13-43-26(49)8-11-30(53)63-45-28(51)9-10-29(45)52)14-31(61-18)62-23-16-41(59,24(47)17-46)15-20-33(23)40(58)35-34(38(20)56)37(55)19-4-3-5-22(60-2)32(19)39(35)57/h3-5,18,21,23,31,36,46,54,56,58-59H,6-17H2,1-2H3,(H,42,48)(H,43,49)(H,44,50)/t18-,21-,23-,31-,36+,41-/m0/s1. The van der Waals surface area contributed by atoms with Crippen molar-refractivity contribution in [2.24, 2.45) is 0 Å². The molecule has 63 heavy (non-hydrogen) atoms. The summed E-state index contributed by atoms with van der Waals surface area (Å²) in [7, 11) is 1.28. The number of aromatic hydroxyl groups is 2. The fraction of sp³-hybridized carbons (Fsp3) is 0.488. The zero-order valence-corrected chi connectivity index (χ0v) is 34.1. The first-order valence-corrected chi connectivity index (χ1v) is 20.0. The summed E-state index contributed by atoms with van der Waals surface area (Å²) in [6.45, 7) is 0.276. The summed E-state index contributed by atoms with van der Waals surface area (Å²) in [6.07, 6.45) is -8.25. The number of benzene rings is 2. The van der Waals surface area contributed by atoms with Gasteiger partial charge < -0.3 is 60.5 Å². The first-order chi connectivity index (χ1) is 29.9. The molecule has 0 bridgehead atoms. The van der Waals surface area contributed by atoms with E-state index in [9.17, 15) is 68.7 Å². The predicted molar refractivity (Wildman–Crippen MR) is 207 cm³/mol. The van der Waals surface area contributed by atoms with Crippen LogP contribution in [0.25, 0.3) is 0 Å². The maximum Gasteiger partial charge on any atom is 0.333 e. The number of aliphatic hydroxyl groups excluding tert-OH is 2. The van der Waals surface area contributed by atoms with Gasteiger partial charge in [-0.15, -0.1) is 5.06 Å². The summed E-state index contributed by atoms with van der Waals surface area (Å²) in [5.41, 5.74) is -4.38. The lowest BCUT2D eigenvalue weighted by Gasteiger charge is -2.43. The summed E-state index contributed by atoms with van der Waals surface area (Å²) in [4.78, 5) is 118. The minimum atomic E-state index is -2.40. The molecule has 2 heterocycles. The highest BCUT2D eigenvalue weighted by Gasteiger charge is 2.50. The van der Waals surface area contributed by atoms with E-state index >= 15 is 0 Å². The monoisotopic (exact) mass is 882 g/mol. The van der Waals surface area contributed by atoms with Crippen LogP contribution in [0.4, 0.5) is 0 Å². The summed E-state index contributed by atoms with van der Waals surface area (Å²) in [5, 5.41) is 63.5. The quantitative estimate of drug-likeness (QED) is 0.0464. The summed E-state index contributed by atoms with van der Waals surface area (Å²) < 4.78 is 17.3. The minimum Gasteiger partial charge on any atom is -0.507 e. The zero-order valence-electron chi connectivity index (χ0n) is 34.1. The molecular weight excluding hydrogens is 836 g/mol. The molecule has 338 valence electrons. The topological polar surface area (TPSA) is 331 Å². The highest BCUT2D eigenvalue weighted by molar-refractivity contribution is 6.31. The van der Waals surface area contributed by atoms with Gasteiger partial charge in [-0.25, -0.2) is 4.79 Å². The Morgan fingerprint density at radius 2 is 1.49 bits per heavy atom. The zero-order chi connectivity index (χ0) is 45.9. The molecule has 0 saturated carbocycles. The number of hydrogen-bond acceptors (Lipinski definition) is 18. The minimum absolute atomic E-state index is 0.0250. The van der Waals surface area contributed by atoms with Crippen LogP contribution >= 0.6 is 0 Å². The Hall–Kier alpha value is -6.33. The Morgan fingerprint density at radius 3 is 2.13 bits per heavy atom. The Morgan fingerprint density at radius 1 is 0.873 bits per heavy atom. The molecule has 0 radical (unpaired) electrons. The van der Waals surface area contributed by atoms with Gasteiger partial charge in [0.15, 0.2) is 17.9 Å². The van der Waals surface area contributed by atoms with Crippen molar-refractivity contribution in [1.82, 2.24) is 21.0 Å². The SMILES string of the molecule is COc1cccc2c1C(=O)c1c(O)c3c(c(O)c1C2=O)C[C@@](O)(C(=O)CO)C[C@@H]3O[C@H]1C[C@H](NC(=O)CCC(=O)NCCNC(=O)CCC(=O)ON2C(=O)CCC2=O)[C@H](O)[C@H](C)O1. The van der Waals surface area contributed by atoms with Gasteiger partial charge in [-0.05, 0) is 13.0 Å². The van der Waals surface area contributed by atoms with Gasteiger partial charge >= 0.3 is 5.97 Å². The van der Waals surface area contributed by atoms with Crippen molar-refractivity contribution >= 4 is 52.9 Å². The van der Waals surface area contributed by atoms with Gasteiger partial charge in [-0.1, -0.05) is 12.1 Å². The van der Waals surface area contributed by atoms with Gasteiger partial charge in [0.1, 0.15) is 35.6 Å². The number of methoxy groups -OCH3 is 1. The van der Waals surface area contributed by atoms with Crippen LogP contribution in [0, 0.1) is 0 Å². The summed E-state index contributed by atoms with van der Waals surface area (Å²) >= 11 is 0. The predicted octanol–water partition coefficient (Wildman–Crippen LogP) is -1.44. The number of carbonyl (C=O) groups excluding carboxylic acids is 9. The molecule has 2 saturated heterocycles.